The maximum atomic E-state index is 2.37. The second kappa shape index (κ2) is 3.88. The van der Waals surface area contributed by atoms with Gasteiger partial charge in [0.2, 0.25) is 0 Å². The average molecular weight is 228 g/mol. The highest BCUT2D eigenvalue weighted by molar-refractivity contribution is 5.85. The first-order valence-electron chi connectivity index (χ1n) is 6.39. The van der Waals surface area contributed by atoms with Crippen LogP contribution in [0.15, 0.2) is 24.4 Å². The van der Waals surface area contributed by atoms with E-state index in [1.54, 1.807) is 11.1 Å². The fourth-order valence-corrected chi connectivity index (χ4v) is 3.03. The van der Waals surface area contributed by atoms with Crippen LogP contribution in [0.5, 0.6) is 0 Å². The molecule has 0 N–H and O–H groups in total. The van der Waals surface area contributed by atoms with Crippen LogP contribution in [-0.4, -0.2) is 29.6 Å². The van der Waals surface area contributed by atoms with Gasteiger partial charge >= 0.3 is 0 Å². The van der Waals surface area contributed by atoms with E-state index in [2.05, 4.69) is 55.0 Å². The molecule has 0 spiro atoms. The van der Waals surface area contributed by atoms with Crippen LogP contribution in [0.25, 0.3) is 10.9 Å². The second-order valence-corrected chi connectivity index (χ2v) is 5.42. The number of nitrogens with zero attached hydrogens (tertiary/aromatic N) is 2. The molecular formula is C15H20N2. The lowest BCUT2D eigenvalue weighted by Gasteiger charge is -2.30. The first kappa shape index (κ1) is 10.8. The minimum Gasteiger partial charge on any atom is -0.351 e. The first-order valence-corrected chi connectivity index (χ1v) is 6.39. The van der Waals surface area contributed by atoms with Crippen LogP contribution in [0, 0.1) is 0 Å². The molecular weight excluding hydrogens is 208 g/mol. The van der Waals surface area contributed by atoms with Crippen molar-refractivity contribution in [3.63, 3.8) is 0 Å². The Morgan fingerprint density at radius 1 is 1.24 bits per heavy atom. The van der Waals surface area contributed by atoms with Gasteiger partial charge in [-0.05, 0) is 56.6 Å². The molecule has 1 aromatic heterocycles. The summed E-state index contributed by atoms with van der Waals surface area (Å²) in [5.41, 5.74) is 4.50. The third-order valence-electron chi connectivity index (χ3n) is 4.19. The molecule has 90 valence electrons. The molecule has 1 aromatic carbocycles. The zero-order chi connectivity index (χ0) is 12.0. The summed E-state index contributed by atoms with van der Waals surface area (Å²) in [6, 6.07) is 7.56. The van der Waals surface area contributed by atoms with Gasteiger partial charge in [0.15, 0.2) is 0 Å². The van der Waals surface area contributed by atoms with Crippen molar-refractivity contribution in [2.24, 2.45) is 7.05 Å². The summed E-state index contributed by atoms with van der Waals surface area (Å²) in [5, 5.41) is 1.46. The van der Waals surface area contributed by atoms with E-state index in [0.29, 0.717) is 6.04 Å². The topological polar surface area (TPSA) is 8.17 Å². The highest BCUT2D eigenvalue weighted by atomic mass is 15.1. The average Bonchev–Trinajstić information content (AvgIpc) is 2.71. The third kappa shape index (κ3) is 1.67. The summed E-state index contributed by atoms with van der Waals surface area (Å²) in [5.74, 6) is 0. The molecule has 1 heterocycles. The van der Waals surface area contributed by atoms with Gasteiger partial charge in [0.25, 0.3) is 0 Å². The molecule has 0 radical (unpaired) electrons. The summed E-state index contributed by atoms with van der Waals surface area (Å²) in [6.07, 6.45) is 5.88. The number of fused-ring (bicyclic) bond motifs is 3. The van der Waals surface area contributed by atoms with Crippen molar-refractivity contribution in [1.82, 2.24) is 9.47 Å². The molecule has 3 rings (SSSR count). The summed E-state index contributed by atoms with van der Waals surface area (Å²) in [4.78, 5) is 2.37. The molecule has 0 saturated carbocycles. The Balaban J connectivity index is 2.12. The Morgan fingerprint density at radius 3 is 2.82 bits per heavy atom. The first-order chi connectivity index (χ1) is 8.16. The molecule has 0 bridgehead atoms. The predicted molar refractivity (Wildman–Crippen MR) is 72.4 cm³/mol. The summed E-state index contributed by atoms with van der Waals surface area (Å²) < 4.78 is 2.22. The van der Waals surface area contributed by atoms with E-state index in [0.717, 1.165) is 0 Å². The lowest BCUT2D eigenvalue weighted by molar-refractivity contribution is 0.269. The highest BCUT2D eigenvalue weighted by Crippen LogP contribution is 2.30. The lowest BCUT2D eigenvalue weighted by Crippen LogP contribution is -2.33. The Morgan fingerprint density at radius 2 is 2.06 bits per heavy atom. The minimum atomic E-state index is 0.702. The SMILES string of the molecule is CN(C)[C@H]1CCc2ccc3c(ccn3C)c2C1. The van der Waals surface area contributed by atoms with E-state index in [-0.39, 0.29) is 0 Å². The standard InChI is InChI=1S/C15H20N2/c1-16(2)12-6-4-11-5-7-15-13(14(11)10-12)8-9-17(15)3/h5,7-9,12H,4,6,10H2,1-3H3/t12-/m0/s1. The number of hydrogen-bond acceptors (Lipinski definition) is 1. The Bertz CT molecular complexity index is 551. The second-order valence-electron chi connectivity index (χ2n) is 5.42. The largest absolute Gasteiger partial charge is 0.351 e. The van der Waals surface area contributed by atoms with Gasteiger partial charge in [-0.1, -0.05) is 6.07 Å². The Labute approximate surface area is 103 Å². The maximum absolute atomic E-state index is 2.37. The van der Waals surface area contributed by atoms with E-state index in [1.807, 2.05) is 0 Å². The van der Waals surface area contributed by atoms with E-state index < -0.39 is 0 Å². The Hall–Kier alpha value is -1.28. The van der Waals surface area contributed by atoms with Crippen molar-refractivity contribution in [3.8, 4) is 0 Å². The molecule has 0 amide bonds. The van der Waals surface area contributed by atoms with Gasteiger partial charge in [0.05, 0.1) is 0 Å². The summed E-state index contributed by atoms with van der Waals surface area (Å²) in [6.45, 7) is 0. The monoisotopic (exact) mass is 228 g/mol. The number of benzene rings is 1. The minimum absolute atomic E-state index is 0.702. The van der Waals surface area contributed by atoms with Crippen molar-refractivity contribution >= 4 is 10.9 Å². The number of hydrogen-bond donors (Lipinski definition) is 0. The van der Waals surface area contributed by atoms with Crippen LogP contribution >= 0.6 is 0 Å². The number of aryl methyl sites for hydroxylation is 2. The zero-order valence-electron chi connectivity index (χ0n) is 10.9. The van der Waals surface area contributed by atoms with Crippen LogP contribution in [0.3, 0.4) is 0 Å². The van der Waals surface area contributed by atoms with E-state index in [4.69, 9.17) is 0 Å². The maximum Gasteiger partial charge on any atom is 0.0480 e. The lowest BCUT2D eigenvalue weighted by atomic mass is 9.86. The number of likely N-dealkylation sites (N-methyl/N-ethyl adjacent to an activating group) is 1. The van der Waals surface area contributed by atoms with Crippen molar-refractivity contribution in [2.75, 3.05) is 14.1 Å². The van der Waals surface area contributed by atoms with Gasteiger partial charge in [-0.2, -0.15) is 0 Å². The van der Waals surface area contributed by atoms with Gasteiger partial charge in [-0.3, -0.25) is 0 Å². The zero-order valence-corrected chi connectivity index (χ0v) is 10.9. The number of rotatable bonds is 1. The smallest absolute Gasteiger partial charge is 0.0480 e. The van der Waals surface area contributed by atoms with Gasteiger partial charge in [-0.25, -0.2) is 0 Å². The molecule has 0 unspecified atom stereocenters. The number of aromatic nitrogens is 1. The quantitative estimate of drug-likeness (QED) is 0.728. The van der Waals surface area contributed by atoms with Crippen LogP contribution in [0.2, 0.25) is 0 Å². The highest BCUT2D eigenvalue weighted by Gasteiger charge is 2.22. The molecule has 2 aromatic rings. The van der Waals surface area contributed by atoms with Crippen molar-refractivity contribution in [1.29, 1.82) is 0 Å². The van der Waals surface area contributed by atoms with E-state index in [9.17, 15) is 0 Å². The molecule has 0 aliphatic heterocycles. The molecule has 0 fully saturated rings. The van der Waals surface area contributed by atoms with E-state index >= 15 is 0 Å². The molecule has 1 atom stereocenters. The van der Waals surface area contributed by atoms with Gasteiger partial charge < -0.3 is 9.47 Å². The fraction of sp³-hybridized carbons (Fsp3) is 0.467. The molecule has 2 heteroatoms. The fourth-order valence-electron chi connectivity index (χ4n) is 3.03. The van der Waals surface area contributed by atoms with Crippen LogP contribution in [0.1, 0.15) is 17.5 Å². The van der Waals surface area contributed by atoms with E-state index in [1.165, 1.54) is 30.2 Å². The normalized spacial score (nSPS) is 19.9. The molecule has 0 saturated heterocycles. The van der Waals surface area contributed by atoms with Crippen LogP contribution in [0.4, 0.5) is 0 Å². The predicted octanol–water partition coefficient (Wildman–Crippen LogP) is 2.60. The van der Waals surface area contributed by atoms with Crippen molar-refractivity contribution in [2.45, 2.75) is 25.3 Å². The molecule has 1 aliphatic carbocycles. The van der Waals surface area contributed by atoms with Crippen LogP contribution in [-0.2, 0) is 19.9 Å². The Kier molecular flexibility index (Phi) is 2.48. The van der Waals surface area contributed by atoms with Gasteiger partial charge in [0.1, 0.15) is 0 Å². The summed E-state index contributed by atoms with van der Waals surface area (Å²) in [7, 11) is 6.52. The molecule has 2 nitrogen and oxygen atoms in total. The van der Waals surface area contributed by atoms with Crippen molar-refractivity contribution in [3.05, 3.63) is 35.5 Å². The van der Waals surface area contributed by atoms with Crippen LogP contribution < -0.4 is 0 Å². The van der Waals surface area contributed by atoms with Gasteiger partial charge in [-0.15, -0.1) is 0 Å². The van der Waals surface area contributed by atoms with Gasteiger partial charge in [0, 0.05) is 30.2 Å². The summed E-state index contributed by atoms with van der Waals surface area (Å²) >= 11 is 0. The van der Waals surface area contributed by atoms with Crippen molar-refractivity contribution < 1.29 is 0 Å². The molecule has 17 heavy (non-hydrogen) atoms. The third-order valence-corrected chi connectivity index (χ3v) is 4.19. The molecule has 1 aliphatic rings.